The highest BCUT2D eigenvalue weighted by atomic mass is 16.5. The van der Waals surface area contributed by atoms with Gasteiger partial charge in [0.1, 0.15) is 0 Å². The molecule has 0 N–H and O–H groups in total. The molecule has 124 valence electrons. The van der Waals surface area contributed by atoms with Gasteiger partial charge in [0.25, 0.3) is 0 Å². The van der Waals surface area contributed by atoms with E-state index >= 15 is 0 Å². The number of rotatable bonds is 8. The van der Waals surface area contributed by atoms with Crippen LogP contribution in [-0.2, 0) is 4.74 Å². The van der Waals surface area contributed by atoms with Crippen LogP contribution in [0, 0.1) is 23.7 Å². The molecule has 2 rings (SSSR count). The fourth-order valence-corrected chi connectivity index (χ4v) is 4.66. The van der Waals surface area contributed by atoms with Crippen molar-refractivity contribution in [3.05, 3.63) is 0 Å². The van der Waals surface area contributed by atoms with E-state index in [-0.39, 0.29) is 0 Å². The molecule has 0 unspecified atom stereocenters. The molecule has 0 heterocycles. The lowest BCUT2D eigenvalue weighted by Crippen LogP contribution is -2.20. The van der Waals surface area contributed by atoms with Crippen LogP contribution >= 0.6 is 0 Å². The summed E-state index contributed by atoms with van der Waals surface area (Å²) in [6, 6.07) is 0. The van der Waals surface area contributed by atoms with E-state index in [4.69, 9.17) is 4.74 Å². The molecular formula is C20H38O. The highest BCUT2D eigenvalue weighted by Gasteiger charge is 2.24. The summed E-state index contributed by atoms with van der Waals surface area (Å²) in [6.07, 6.45) is 17.8. The molecular weight excluding hydrogens is 256 g/mol. The first kappa shape index (κ1) is 17.3. The van der Waals surface area contributed by atoms with E-state index in [1.54, 1.807) is 0 Å². The van der Waals surface area contributed by atoms with Crippen molar-refractivity contribution >= 4 is 0 Å². The molecule has 0 spiro atoms. The maximum absolute atomic E-state index is 5.59. The highest BCUT2D eigenvalue weighted by molar-refractivity contribution is 4.76. The Bertz CT molecular complexity index is 247. The standard InChI is InChI=1S/C20H38O/c1-3-5-17-6-8-18(9-7-17)10-11-19-12-14-20(15-13-19)16-21-4-2/h17-20H,3-16H2,1-2H3. The third kappa shape index (κ3) is 6.30. The first-order chi connectivity index (χ1) is 10.3. The Morgan fingerprint density at radius 1 is 0.619 bits per heavy atom. The van der Waals surface area contributed by atoms with Gasteiger partial charge < -0.3 is 4.74 Å². The third-order valence-corrected chi connectivity index (χ3v) is 6.17. The predicted molar refractivity (Wildman–Crippen MR) is 91.5 cm³/mol. The lowest BCUT2D eigenvalue weighted by molar-refractivity contribution is 0.0842. The zero-order chi connectivity index (χ0) is 14.9. The zero-order valence-electron chi connectivity index (χ0n) is 14.6. The van der Waals surface area contributed by atoms with Crippen molar-refractivity contribution in [2.75, 3.05) is 13.2 Å². The normalized spacial score (nSPS) is 34.0. The monoisotopic (exact) mass is 294 g/mol. The molecule has 0 aromatic carbocycles. The van der Waals surface area contributed by atoms with Crippen LogP contribution in [0.5, 0.6) is 0 Å². The van der Waals surface area contributed by atoms with Gasteiger partial charge in [0.15, 0.2) is 0 Å². The molecule has 21 heavy (non-hydrogen) atoms. The Balaban J connectivity index is 1.54. The van der Waals surface area contributed by atoms with E-state index < -0.39 is 0 Å². The molecule has 0 radical (unpaired) electrons. The van der Waals surface area contributed by atoms with Gasteiger partial charge in [0.05, 0.1) is 0 Å². The van der Waals surface area contributed by atoms with Crippen LogP contribution in [0.25, 0.3) is 0 Å². The smallest absolute Gasteiger partial charge is 0.0494 e. The summed E-state index contributed by atoms with van der Waals surface area (Å²) in [5, 5.41) is 0. The maximum Gasteiger partial charge on any atom is 0.0494 e. The van der Waals surface area contributed by atoms with E-state index in [1.807, 2.05) is 0 Å². The number of hydrogen-bond acceptors (Lipinski definition) is 1. The topological polar surface area (TPSA) is 9.23 Å². The van der Waals surface area contributed by atoms with Gasteiger partial charge in [-0.1, -0.05) is 71.1 Å². The van der Waals surface area contributed by atoms with Crippen molar-refractivity contribution in [1.29, 1.82) is 0 Å². The molecule has 0 aromatic rings. The largest absolute Gasteiger partial charge is 0.381 e. The maximum atomic E-state index is 5.59. The van der Waals surface area contributed by atoms with E-state index in [9.17, 15) is 0 Å². The summed E-state index contributed by atoms with van der Waals surface area (Å²) in [5.41, 5.74) is 0. The van der Waals surface area contributed by atoms with Crippen LogP contribution in [0.4, 0.5) is 0 Å². The Morgan fingerprint density at radius 3 is 1.48 bits per heavy atom. The van der Waals surface area contributed by atoms with Crippen LogP contribution in [0.1, 0.15) is 90.9 Å². The second-order valence-electron chi connectivity index (χ2n) is 7.80. The molecule has 2 aliphatic carbocycles. The second-order valence-corrected chi connectivity index (χ2v) is 7.80. The van der Waals surface area contributed by atoms with E-state index in [2.05, 4.69) is 13.8 Å². The molecule has 2 saturated carbocycles. The molecule has 0 atom stereocenters. The first-order valence-electron chi connectivity index (χ1n) is 9.89. The van der Waals surface area contributed by atoms with Gasteiger partial charge in [-0.3, -0.25) is 0 Å². The summed E-state index contributed by atoms with van der Waals surface area (Å²) in [6.45, 7) is 6.36. The molecule has 0 saturated heterocycles. The van der Waals surface area contributed by atoms with Gasteiger partial charge in [-0.15, -0.1) is 0 Å². The van der Waals surface area contributed by atoms with Gasteiger partial charge in [0.2, 0.25) is 0 Å². The van der Waals surface area contributed by atoms with Gasteiger partial charge in [-0.05, 0) is 43.4 Å². The molecule has 0 bridgehead atoms. The summed E-state index contributed by atoms with van der Waals surface area (Å²) in [4.78, 5) is 0. The fourth-order valence-electron chi connectivity index (χ4n) is 4.66. The van der Waals surface area contributed by atoms with Crippen molar-refractivity contribution in [1.82, 2.24) is 0 Å². The van der Waals surface area contributed by atoms with Crippen molar-refractivity contribution in [2.45, 2.75) is 90.9 Å². The summed E-state index contributed by atoms with van der Waals surface area (Å²) in [7, 11) is 0. The Labute approximate surface area is 133 Å². The molecule has 1 heteroatoms. The summed E-state index contributed by atoms with van der Waals surface area (Å²) in [5.74, 6) is 4.04. The van der Waals surface area contributed by atoms with Gasteiger partial charge in [0, 0.05) is 13.2 Å². The minimum absolute atomic E-state index is 0.866. The lowest BCUT2D eigenvalue weighted by Gasteiger charge is -2.32. The first-order valence-corrected chi connectivity index (χ1v) is 9.89. The van der Waals surface area contributed by atoms with E-state index in [0.29, 0.717) is 0 Å². The van der Waals surface area contributed by atoms with Gasteiger partial charge >= 0.3 is 0 Å². The summed E-state index contributed by atoms with van der Waals surface area (Å²) < 4.78 is 5.59. The van der Waals surface area contributed by atoms with Crippen LogP contribution in [-0.4, -0.2) is 13.2 Å². The minimum atomic E-state index is 0.866. The Morgan fingerprint density at radius 2 is 1.05 bits per heavy atom. The molecule has 2 aliphatic rings. The molecule has 0 aromatic heterocycles. The van der Waals surface area contributed by atoms with Crippen LogP contribution in [0.3, 0.4) is 0 Å². The number of hydrogen-bond donors (Lipinski definition) is 0. The SMILES string of the molecule is CCCC1CCC(CCC2CCC(COCC)CC2)CC1. The van der Waals surface area contributed by atoms with Crippen LogP contribution in [0.15, 0.2) is 0 Å². The van der Waals surface area contributed by atoms with Crippen LogP contribution in [0.2, 0.25) is 0 Å². The van der Waals surface area contributed by atoms with E-state index in [1.165, 1.54) is 77.0 Å². The number of ether oxygens (including phenoxy) is 1. The lowest BCUT2D eigenvalue weighted by atomic mass is 9.75. The van der Waals surface area contributed by atoms with Crippen molar-refractivity contribution in [3.63, 3.8) is 0 Å². The van der Waals surface area contributed by atoms with Crippen molar-refractivity contribution < 1.29 is 4.74 Å². The summed E-state index contributed by atoms with van der Waals surface area (Å²) >= 11 is 0. The van der Waals surface area contributed by atoms with Gasteiger partial charge in [-0.2, -0.15) is 0 Å². The van der Waals surface area contributed by atoms with Crippen molar-refractivity contribution in [2.24, 2.45) is 23.7 Å². The molecule has 0 amide bonds. The molecule has 2 fully saturated rings. The predicted octanol–water partition coefficient (Wildman–Crippen LogP) is 6.22. The third-order valence-electron chi connectivity index (χ3n) is 6.17. The van der Waals surface area contributed by atoms with E-state index in [0.717, 1.165) is 36.9 Å². The Kier molecular flexibility index (Phi) is 8.14. The van der Waals surface area contributed by atoms with Crippen molar-refractivity contribution in [3.8, 4) is 0 Å². The average molecular weight is 295 g/mol. The average Bonchev–Trinajstić information content (AvgIpc) is 2.53. The zero-order valence-corrected chi connectivity index (χ0v) is 14.6. The second kappa shape index (κ2) is 9.87. The molecule has 1 nitrogen and oxygen atoms in total. The van der Waals surface area contributed by atoms with Crippen LogP contribution < -0.4 is 0 Å². The van der Waals surface area contributed by atoms with Gasteiger partial charge in [-0.25, -0.2) is 0 Å². The minimum Gasteiger partial charge on any atom is -0.381 e. The quantitative estimate of drug-likeness (QED) is 0.516. The highest BCUT2D eigenvalue weighted by Crippen LogP contribution is 2.37. The molecule has 0 aliphatic heterocycles. The Hall–Kier alpha value is -0.0400. The fraction of sp³-hybridized carbons (Fsp3) is 1.00.